The van der Waals surface area contributed by atoms with Crippen molar-refractivity contribution in [2.75, 3.05) is 0 Å². The normalized spacial score (nSPS) is 12.2. The van der Waals surface area contributed by atoms with E-state index in [9.17, 15) is 0 Å². The molecule has 2 nitrogen and oxygen atoms in total. The van der Waals surface area contributed by atoms with Crippen molar-refractivity contribution in [3.63, 3.8) is 0 Å². The highest BCUT2D eigenvalue weighted by molar-refractivity contribution is 6.31. The lowest BCUT2D eigenvalue weighted by atomic mass is 10.1. The molecular formula is C15H12Cl2N2. The van der Waals surface area contributed by atoms with Gasteiger partial charge in [0.2, 0.25) is 5.28 Å². The second-order valence-corrected chi connectivity index (χ2v) is 4.63. The molecule has 0 N–H and O–H groups in total. The standard InChI is InChI=1S/C15H12Cl2N2/c1-11-13(18-15(17)19-14(11)16)10-6-5-9-12-7-3-2-4-8-12/h2-8,10H,1,9H2/b6-5-,13-10+. The predicted molar refractivity (Wildman–Crippen MR) is 80.6 cm³/mol. The van der Waals surface area contributed by atoms with Crippen LogP contribution >= 0.6 is 23.2 Å². The molecule has 0 aliphatic heterocycles. The molecule has 0 fully saturated rings. The predicted octanol–water partition coefficient (Wildman–Crippen LogP) is 2.77. The van der Waals surface area contributed by atoms with Crippen molar-refractivity contribution in [3.05, 3.63) is 69.1 Å². The highest BCUT2D eigenvalue weighted by Crippen LogP contribution is 2.00. The number of hydrogen-bond acceptors (Lipinski definition) is 2. The molecule has 0 saturated carbocycles. The molecule has 0 amide bonds. The number of aromatic nitrogens is 2. The molecule has 0 atom stereocenters. The Morgan fingerprint density at radius 2 is 1.84 bits per heavy atom. The molecule has 4 heteroatoms. The van der Waals surface area contributed by atoms with Crippen molar-refractivity contribution in [2.45, 2.75) is 6.42 Å². The highest BCUT2D eigenvalue weighted by Gasteiger charge is 1.97. The molecule has 19 heavy (non-hydrogen) atoms. The lowest BCUT2D eigenvalue weighted by molar-refractivity contribution is 1.10. The van der Waals surface area contributed by atoms with Gasteiger partial charge in [0, 0.05) is 5.22 Å². The lowest BCUT2D eigenvalue weighted by Crippen LogP contribution is -2.28. The molecule has 0 saturated heterocycles. The van der Waals surface area contributed by atoms with Crippen molar-refractivity contribution in [1.82, 2.24) is 9.97 Å². The lowest BCUT2D eigenvalue weighted by Gasteiger charge is -1.94. The van der Waals surface area contributed by atoms with E-state index < -0.39 is 0 Å². The SMILES string of the molecule is C=c1c(Cl)nc(Cl)n/c1=C/C=C\Cc1ccccc1. The van der Waals surface area contributed by atoms with Crippen LogP contribution in [0.5, 0.6) is 0 Å². The summed E-state index contributed by atoms with van der Waals surface area (Å²) in [5.41, 5.74) is 1.25. The van der Waals surface area contributed by atoms with Gasteiger partial charge in [-0.2, -0.15) is 0 Å². The smallest absolute Gasteiger partial charge is 0.218 e. The fourth-order valence-corrected chi connectivity index (χ4v) is 1.96. The Morgan fingerprint density at radius 3 is 2.58 bits per heavy atom. The number of hydrogen-bond donors (Lipinski definition) is 0. The molecule has 0 bridgehead atoms. The Kier molecular flexibility index (Phi) is 4.72. The Labute approximate surface area is 121 Å². The zero-order valence-corrected chi connectivity index (χ0v) is 11.7. The van der Waals surface area contributed by atoms with Crippen LogP contribution in [0.3, 0.4) is 0 Å². The third kappa shape index (κ3) is 3.91. The maximum Gasteiger partial charge on any atom is 0.224 e. The van der Waals surface area contributed by atoms with Crippen LogP contribution in [0.4, 0.5) is 0 Å². The van der Waals surface area contributed by atoms with Crippen molar-refractivity contribution >= 4 is 35.9 Å². The maximum absolute atomic E-state index is 5.89. The second kappa shape index (κ2) is 6.50. The third-order valence-corrected chi connectivity index (χ3v) is 3.03. The third-order valence-electron chi connectivity index (χ3n) is 2.55. The van der Waals surface area contributed by atoms with E-state index in [-0.39, 0.29) is 10.4 Å². The van der Waals surface area contributed by atoms with E-state index in [1.165, 1.54) is 5.56 Å². The fourth-order valence-electron chi connectivity index (χ4n) is 1.56. The maximum atomic E-state index is 5.89. The first-order chi connectivity index (χ1) is 9.16. The Morgan fingerprint density at radius 1 is 1.11 bits per heavy atom. The number of nitrogens with zero attached hydrogens (tertiary/aromatic N) is 2. The molecule has 0 unspecified atom stereocenters. The molecule has 0 spiro atoms. The summed E-state index contributed by atoms with van der Waals surface area (Å²) in [5, 5.41) is 1.62. The fraction of sp³-hybridized carbons (Fsp3) is 0.0667. The summed E-state index contributed by atoms with van der Waals surface area (Å²) < 4.78 is 0. The summed E-state index contributed by atoms with van der Waals surface area (Å²) in [6, 6.07) is 10.2. The van der Waals surface area contributed by atoms with Gasteiger partial charge < -0.3 is 0 Å². The van der Waals surface area contributed by atoms with Gasteiger partial charge in [-0.25, -0.2) is 9.97 Å². The first-order valence-electron chi connectivity index (χ1n) is 5.75. The molecule has 96 valence electrons. The van der Waals surface area contributed by atoms with E-state index in [0.717, 1.165) is 6.42 Å². The van der Waals surface area contributed by atoms with Crippen LogP contribution in [0.2, 0.25) is 10.4 Å². The van der Waals surface area contributed by atoms with Crippen LogP contribution < -0.4 is 10.6 Å². The zero-order valence-electron chi connectivity index (χ0n) is 10.2. The minimum atomic E-state index is 0.125. The number of rotatable bonds is 3. The van der Waals surface area contributed by atoms with E-state index in [2.05, 4.69) is 28.7 Å². The van der Waals surface area contributed by atoms with Crippen LogP contribution in [0.25, 0.3) is 12.7 Å². The minimum Gasteiger partial charge on any atom is -0.218 e. The van der Waals surface area contributed by atoms with Gasteiger partial charge in [-0.15, -0.1) is 0 Å². The van der Waals surface area contributed by atoms with Crippen molar-refractivity contribution in [1.29, 1.82) is 0 Å². The molecule has 2 rings (SSSR count). The zero-order chi connectivity index (χ0) is 13.7. The van der Waals surface area contributed by atoms with Gasteiger partial charge in [-0.3, -0.25) is 0 Å². The molecule has 1 aromatic carbocycles. The Bertz CT molecular complexity index is 694. The summed E-state index contributed by atoms with van der Waals surface area (Å²) in [6.07, 6.45) is 6.64. The van der Waals surface area contributed by atoms with Crippen LogP contribution in [-0.4, -0.2) is 9.97 Å². The van der Waals surface area contributed by atoms with E-state index >= 15 is 0 Å². The first kappa shape index (κ1) is 13.8. The first-order valence-corrected chi connectivity index (χ1v) is 6.51. The van der Waals surface area contributed by atoms with Crippen molar-refractivity contribution < 1.29 is 0 Å². The van der Waals surface area contributed by atoms with Gasteiger partial charge in [0.15, 0.2) is 0 Å². The van der Waals surface area contributed by atoms with E-state index in [0.29, 0.717) is 10.6 Å². The highest BCUT2D eigenvalue weighted by atomic mass is 35.5. The molecule has 0 radical (unpaired) electrons. The van der Waals surface area contributed by atoms with Crippen LogP contribution in [0, 0.1) is 0 Å². The molecule has 0 aliphatic rings. The van der Waals surface area contributed by atoms with Gasteiger partial charge in [0.25, 0.3) is 0 Å². The average molecular weight is 291 g/mol. The van der Waals surface area contributed by atoms with Crippen LogP contribution in [0.1, 0.15) is 5.56 Å². The summed E-state index contributed by atoms with van der Waals surface area (Å²) in [6.45, 7) is 3.82. The van der Waals surface area contributed by atoms with Crippen molar-refractivity contribution in [2.24, 2.45) is 0 Å². The summed E-state index contributed by atoms with van der Waals surface area (Å²) in [4.78, 5) is 7.90. The molecule has 1 heterocycles. The molecule has 0 aliphatic carbocycles. The van der Waals surface area contributed by atoms with Crippen LogP contribution in [0.15, 0.2) is 42.5 Å². The van der Waals surface area contributed by atoms with Gasteiger partial charge in [-0.1, -0.05) is 60.7 Å². The van der Waals surface area contributed by atoms with Gasteiger partial charge in [0.1, 0.15) is 5.15 Å². The molecular weight excluding hydrogens is 279 g/mol. The minimum absolute atomic E-state index is 0.125. The van der Waals surface area contributed by atoms with Gasteiger partial charge in [-0.05, 0) is 29.7 Å². The summed E-state index contributed by atoms with van der Waals surface area (Å²) in [7, 11) is 0. The van der Waals surface area contributed by atoms with Gasteiger partial charge in [0.05, 0.1) is 5.35 Å². The largest absolute Gasteiger partial charge is 0.224 e. The topological polar surface area (TPSA) is 25.8 Å². The summed E-state index contributed by atoms with van der Waals surface area (Å²) in [5.74, 6) is 0. The van der Waals surface area contributed by atoms with E-state index in [4.69, 9.17) is 23.2 Å². The Balaban J connectivity index is 2.17. The van der Waals surface area contributed by atoms with E-state index in [1.807, 2.05) is 36.4 Å². The second-order valence-electron chi connectivity index (χ2n) is 3.93. The number of allylic oxidation sites excluding steroid dienone is 2. The average Bonchev–Trinajstić information content (AvgIpc) is 2.41. The monoisotopic (exact) mass is 290 g/mol. The number of benzene rings is 1. The molecule has 1 aromatic heterocycles. The number of halogens is 2. The van der Waals surface area contributed by atoms with E-state index in [1.54, 1.807) is 0 Å². The van der Waals surface area contributed by atoms with Crippen LogP contribution in [-0.2, 0) is 6.42 Å². The van der Waals surface area contributed by atoms with Crippen molar-refractivity contribution in [3.8, 4) is 0 Å². The quantitative estimate of drug-likeness (QED) is 0.642. The molecule has 2 aromatic rings. The summed E-state index contributed by atoms with van der Waals surface area (Å²) >= 11 is 11.6. The van der Waals surface area contributed by atoms with Gasteiger partial charge >= 0.3 is 0 Å². The Hall–Kier alpha value is -1.64.